The van der Waals surface area contributed by atoms with Crippen LogP contribution in [-0.2, 0) is 33.5 Å². The maximum absolute atomic E-state index is 11.3. The summed E-state index contributed by atoms with van der Waals surface area (Å²) in [6.07, 6.45) is 15.6. The molecule has 1 saturated heterocycles. The number of hydrogen-bond donors (Lipinski definition) is 2. The van der Waals surface area contributed by atoms with Gasteiger partial charge in [0.15, 0.2) is 0 Å². The van der Waals surface area contributed by atoms with Crippen molar-refractivity contribution in [3.05, 3.63) is 83.4 Å². The van der Waals surface area contributed by atoms with Gasteiger partial charge in [-0.3, -0.25) is 9.69 Å². The second-order valence-corrected chi connectivity index (χ2v) is 13.4. The minimum absolute atomic E-state index is 0.0814. The zero-order valence-electron chi connectivity index (χ0n) is 30.8. The number of ether oxygens (including phenoxy) is 2. The Morgan fingerprint density at radius 2 is 1.48 bits per heavy atom. The number of carbonyl (C=O) groups is 1. The van der Waals surface area contributed by atoms with Crippen LogP contribution in [0.1, 0.15) is 104 Å². The maximum atomic E-state index is 11.3. The molecular formula is C40H64N2O5S. The standard InChI is InChI=1S/C23H29NO2.C9H17NO3S.C6H12.C2H6/c1-3-19(2)22-8-4-20(5-9-22)12-15-26-23-10-6-21(7-11-23)18-24-13-16-25-17-14-24;1-4-5-6-14(13)10-8(7(2)3)9(11)12;1-2-4-6-5-3-1;1-2/h3-11H,12-18H2,1-2H3;4-5,7-8,10H,6H2,1-3H3,(H,11,12);1-6H2;1-2H3/b19-3+;5-4-;;. The van der Waals surface area contributed by atoms with Gasteiger partial charge in [-0.25, -0.2) is 8.93 Å². The van der Waals surface area contributed by atoms with E-state index < -0.39 is 23.0 Å². The molecule has 1 heterocycles. The van der Waals surface area contributed by atoms with Gasteiger partial charge in [-0.15, -0.1) is 0 Å². The molecule has 0 radical (unpaired) electrons. The largest absolute Gasteiger partial charge is 0.493 e. The lowest BCUT2D eigenvalue weighted by Gasteiger charge is -2.26. The number of aliphatic carboxylic acids is 1. The van der Waals surface area contributed by atoms with Gasteiger partial charge in [0.2, 0.25) is 0 Å². The molecule has 1 saturated carbocycles. The molecule has 2 atom stereocenters. The highest BCUT2D eigenvalue weighted by molar-refractivity contribution is 7.83. The van der Waals surface area contributed by atoms with E-state index >= 15 is 0 Å². The molecule has 7 nitrogen and oxygen atoms in total. The summed E-state index contributed by atoms with van der Waals surface area (Å²) in [5, 5.41) is 8.80. The average molecular weight is 685 g/mol. The zero-order chi connectivity index (χ0) is 35.6. The van der Waals surface area contributed by atoms with Crippen molar-refractivity contribution < 1.29 is 23.6 Å². The van der Waals surface area contributed by atoms with Crippen molar-refractivity contribution in [2.75, 3.05) is 38.7 Å². The van der Waals surface area contributed by atoms with Crippen LogP contribution in [0.5, 0.6) is 5.75 Å². The van der Waals surface area contributed by atoms with Crippen molar-refractivity contribution in [2.45, 2.75) is 106 Å². The van der Waals surface area contributed by atoms with Gasteiger partial charge >= 0.3 is 5.97 Å². The highest BCUT2D eigenvalue weighted by Crippen LogP contribution is 2.17. The van der Waals surface area contributed by atoms with E-state index in [0.717, 1.165) is 45.0 Å². The van der Waals surface area contributed by atoms with E-state index in [0.29, 0.717) is 12.4 Å². The average Bonchev–Trinajstić information content (AvgIpc) is 3.12. The number of carboxylic acid groups (broad SMARTS) is 1. The Bertz CT molecular complexity index is 1170. The first-order valence-corrected chi connectivity index (χ1v) is 19.3. The molecule has 0 amide bonds. The van der Waals surface area contributed by atoms with Crippen molar-refractivity contribution in [2.24, 2.45) is 5.92 Å². The summed E-state index contributed by atoms with van der Waals surface area (Å²) in [7, 11) is -1.31. The SMILES string of the molecule is C/C=C(\C)c1ccc(CCOc2ccc(CN3CCOCC3)cc2)cc1.C/C=C\CS(=O)NC(C(=O)O)C(C)C.C1CCCCC1.CC. The zero-order valence-corrected chi connectivity index (χ0v) is 31.7. The molecule has 4 rings (SSSR count). The Labute approximate surface area is 294 Å². The van der Waals surface area contributed by atoms with Gasteiger partial charge in [0.1, 0.15) is 11.8 Å². The van der Waals surface area contributed by atoms with Gasteiger partial charge in [0.05, 0.1) is 36.6 Å². The molecule has 0 spiro atoms. The van der Waals surface area contributed by atoms with Gasteiger partial charge in [0.25, 0.3) is 0 Å². The fourth-order valence-corrected chi connectivity index (χ4v) is 6.12. The summed E-state index contributed by atoms with van der Waals surface area (Å²) >= 11 is 0. The summed E-state index contributed by atoms with van der Waals surface area (Å²) < 4.78 is 25.2. The summed E-state index contributed by atoms with van der Waals surface area (Å²) in [4.78, 5) is 13.2. The Hall–Kier alpha value is -2.78. The van der Waals surface area contributed by atoms with E-state index in [9.17, 15) is 9.00 Å². The number of benzene rings is 2. The van der Waals surface area contributed by atoms with Gasteiger partial charge in [-0.2, -0.15) is 0 Å². The van der Waals surface area contributed by atoms with Crippen molar-refractivity contribution >= 4 is 22.5 Å². The number of hydrogen-bond acceptors (Lipinski definition) is 5. The Kier molecular flexibility index (Phi) is 24.4. The second kappa shape index (κ2) is 27.1. The van der Waals surface area contributed by atoms with Crippen molar-refractivity contribution in [1.29, 1.82) is 0 Å². The third-order valence-corrected chi connectivity index (χ3v) is 9.12. The topological polar surface area (TPSA) is 88.1 Å². The molecule has 2 aromatic rings. The van der Waals surface area contributed by atoms with Gasteiger partial charge in [-0.05, 0) is 61.1 Å². The quantitative estimate of drug-likeness (QED) is 0.205. The predicted molar refractivity (Wildman–Crippen MR) is 204 cm³/mol. The lowest BCUT2D eigenvalue weighted by molar-refractivity contribution is -0.140. The summed E-state index contributed by atoms with van der Waals surface area (Å²) in [6.45, 7) is 19.0. The molecule has 2 unspecified atom stereocenters. The third-order valence-electron chi connectivity index (χ3n) is 8.11. The predicted octanol–water partition coefficient (Wildman–Crippen LogP) is 8.86. The number of carboxylic acids is 1. The van der Waals surface area contributed by atoms with E-state index in [4.69, 9.17) is 14.6 Å². The van der Waals surface area contributed by atoms with E-state index in [1.54, 1.807) is 26.0 Å². The van der Waals surface area contributed by atoms with Crippen LogP contribution in [0.3, 0.4) is 0 Å². The van der Waals surface area contributed by atoms with Crippen LogP contribution in [0.4, 0.5) is 0 Å². The van der Waals surface area contributed by atoms with E-state index in [2.05, 4.69) is 78.1 Å². The molecule has 48 heavy (non-hydrogen) atoms. The molecule has 2 N–H and O–H groups in total. The lowest BCUT2D eigenvalue weighted by Crippen LogP contribution is -2.42. The number of nitrogens with zero attached hydrogens (tertiary/aromatic N) is 1. The molecule has 0 aromatic heterocycles. The van der Waals surface area contributed by atoms with Crippen LogP contribution in [0, 0.1) is 5.92 Å². The normalized spacial score (nSPS) is 16.4. The fraction of sp³-hybridized carbons (Fsp3) is 0.575. The molecule has 2 fully saturated rings. The van der Waals surface area contributed by atoms with Gasteiger partial charge in [0, 0.05) is 26.1 Å². The Morgan fingerprint density at radius 1 is 0.938 bits per heavy atom. The van der Waals surface area contributed by atoms with Crippen LogP contribution < -0.4 is 9.46 Å². The molecule has 270 valence electrons. The molecule has 2 aliphatic rings. The molecule has 0 bridgehead atoms. The number of morpholine rings is 1. The second-order valence-electron chi connectivity index (χ2n) is 12.2. The summed E-state index contributed by atoms with van der Waals surface area (Å²) in [6, 6.07) is 16.5. The first-order chi connectivity index (χ1) is 23.2. The summed E-state index contributed by atoms with van der Waals surface area (Å²) in [5.74, 6) is 0.237. The minimum atomic E-state index is -1.31. The van der Waals surface area contributed by atoms with Crippen molar-refractivity contribution in [1.82, 2.24) is 9.62 Å². The number of rotatable bonds is 13. The molecule has 2 aromatic carbocycles. The first kappa shape index (κ1) is 43.2. The first-order valence-electron chi connectivity index (χ1n) is 18.0. The third kappa shape index (κ3) is 19.3. The fourth-order valence-electron chi connectivity index (χ4n) is 5.00. The molecule has 1 aliphatic heterocycles. The highest BCUT2D eigenvalue weighted by Gasteiger charge is 2.22. The lowest BCUT2D eigenvalue weighted by atomic mass is 10.0. The van der Waals surface area contributed by atoms with Crippen LogP contribution in [0.15, 0.2) is 66.8 Å². The number of allylic oxidation sites excluding steroid dienone is 3. The van der Waals surface area contributed by atoms with Crippen LogP contribution >= 0.6 is 0 Å². The molecular weight excluding hydrogens is 621 g/mol. The smallest absolute Gasteiger partial charge is 0.321 e. The van der Waals surface area contributed by atoms with E-state index in [-0.39, 0.29) is 5.92 Å². The van der Waals surface area contributed by atoms with Gasteiger partial charge < -0.3 is 14.6 Å². The molecule has 8 heteroatoms. The van der Waals surface area contributed by atoms with Crippen molar-refractivity contribution in [3.63, 3.8) is 0 Å². The van der Waals surface area contributed by atoms with Gasteiger partial charge in [-0.1, -0.05) is 121 Å². The Morgan fingerprint density at radius 3 is 1.96 bits per heavy atom. The highest BCUT2D eigenvalue weighted by atomic mass is 32.2. The Balaban J connectivity index is 0.000000437. The summed E-state index contributed by atoms with van der Waals surface area (Å²) in [5.41, 5.74) is 5.23. The van der Waals surface area contributed by atoms with E-state index in [1.807, 2.05) is 20.8 Å². The minimum Gasteiger partial charge on any atom is -0.493 e. The number of nitrogens with one attached hydrogen (secondary N) is 1. The van der Waals surface area contributed by atoms with Crippen LogP contribution in [0.2, 0.25) is 0 Å². The molecule has 1 aliphatic carbocycles. The van der Waals surface area contributed by atoms with Crippen LogP contribution in [0.25, 0.3) is 5.57 Å². The van der Waals surface area contributed by atoms with Crippen molar-refractivity contribution in [3.8, 4) is 5.75 Å². The maximum Gasteiger partial charge on any atom is 0.321 e. The van der Waals surface area contributed by atoms with E-state index in [1.165, 1.54) is 60.8 Å². The van der Waals surface area contributed by atoms with Crippen LogP contribution in [-0.4, -0.2) is 64.9 Å². The monoisotopic (exact) mass is 684 g/mol.